The Balaban J connectivity index is 2.31. The lowest BCUT2D eigenvalue weighted by molar-refractivity contribution is 0.517. The number of guanidine groups is 1. The predicted octanol–water partition coefficient (Wildman–Crippen LogP) is 1.35. The third kappa shape index (κ3) is 4.65. The number of hydrogen-bond acceptors (Lipinski definition) is 4. The monoisotopic (exact) mass is 349 g/mol. The molecule has 1 aromatic carbocycles. The van der Waals surface area contributed by atoms with E-state index in [4.69, 9.17) is 11.5 Å². The van der Waals surface area contributed by atoms with Crippen LogP contribution in [0.1, 0.15) is 26.2 Å². The van der Waals surface area contributed by atoms with E-state index < -0.39 is 10.0 Å². The average Bonchev–Trinajstić information content (AvgIpc) is 2.56. The molecule has 5 N–H and O–H groups in total. The minimum absolute atomic E-state index is 0.0491. The van der Waals surface area contributed by atoms with Crippen molar-refractivity contribution < 1.29 is 8.42 Å². The second-order valence-electron chi connectivity index (χ2n) is 5.58. The lowest BCUT2D eigenvalue weighted by atomic mass is 10.1. The molecule has 1 heterocycles. The van der Waals surface area contributed by atoms with E-state index in [1.165, 1.54) is 0 Å². The number of nitrogens with two attached hydrogens (primary N) is 2. The second-order valence-corrected chi connectivity index (χ2v) is 7.26. The summed E-state index contributed by atoms with van der Waals surface area (Å²) < 4.78 is 28.4. The largest absolute Gasteiger partial charge is 0.370 e. The summed E-state index contributed by atoms with van der Waals surface area (Å²) >= 11 is 0. The summed E-state index contributed by atoms with van der Waals surface area (Å²) in [6.07, 6.45) is 5.73. The molecule has 0 aliphatic rings. The van der Waals surface area contributed by atoms with E-state index in [1.54, 1.807) is 30.6 Å². The van der Waals surface area contributed by atoms with Crippen LogP contribution in [-0.4, -0.2) is 31.9 Å². The first kappa shape index (κ1) is 18.2. The number of hydrogen-bond donors (Lipinski definition) is 3. The van der Waals surface area contributed by atoms with E-state index in [0.29, 0.717) is 11.8 Å². The molecule has 0 aliphatic carbocycles. The van der Waals surface area contributed by atoms with Crippen LogP contribution >= 0.6 is 0 Å². The number of sulfonamides is 1. The highest BCUT2D eigenvalue weighted by molar-refractivity contribution is 7.89. The van der Waals surface area contributed by atoms with Crippen LogP contribution < -0.4 is 16.2 Å². The smallest absolute Gasteiger partial charge is 0.241 e. The Kier molecular flexibility index (Phi) is 6.10. The summed E-state index contributed by atoms with van der Waals surface area (Å²) in [5.74, 6) is -0.0491. The number of nitrogens with one attached hydrogen (secondary N) is 1. The summed E-state index contributed by atoms with van der Waals surface area (Å²) in [5.41, 5.74) is 10.7. The van der Waals surface area contributed by atoms with Gasteiger partial charge >= 0.3 is 0 Å². The van der Waals surface area contributed by atoms with E-state index in [2.05, 4.69) is 14.7 Å². The zero-order valence-electron chi connectivity index (χ0n) is 13.6. The average molecular weight is 349 g/mol. The molecule has 0 aliphatic heterocycles. The Labute approximate surface area is 142 Å². The topological polar surface area (TPSA) is 123 Å². The molecule has 2 rings (SSSR count). The van der Waals surface area contributed by atoms with Crippen LogP contribution in [-0.2, 0) is 10.0 Å². The first-order chi connectivity index (χ1) is 11.4. The quantitative estimate of drug-likeness (QED) is 0.490. The Morgan fingerprint density at radius 2 is 2.12 bits per heavy atom. The van der Waals surface area contributed by atoms with Gasteiger partial charge in [0.1, 0.15) is 0 Å². The van der Waals surface area contributed by atoms with Gasteiger partial charge in [-0.15, -0.1) is 0 Å². The van der Waals surface area contributed by atoms with Crippen molar-refractivity contribution in [1.29, 1.82) is 0 Å². The van der Waals surface area contributed by atoms with Crippen molar-refractivity contribution in [1.82, 2.24) is 9.71 Å². The Morgan fingerprint density at radius 1 is 1.33 bits per heavy atom. The fourth-order valence-electron chi connectivity index (χ4n) is 2.46. The molecular weight excluding hydrogens is 326 g/mol. The molecule has 0 radical (unpaired) electrons. The van der Waals surface area contributed by atoms with Gasteiger partial charge in [0.25, 0.3) is 0 Å². The first-order valence-electron chi connectivity index (χ1n) is 7.84. The number of aromatic nitrogens is 1. The van der Waals surface area contributed by atoms with Crippen molar-refractivity contribution in [2.45, 2.75) is 37.1 Å². The molecule has 1 atom stereocenters. The maximum absolute atomic E-state index is 12.8. The van der Waals surface area contributed by atoms with Gasteiger partial charge in [-0.1, -0.05) is 31.9 Å². The van der Waals surface area contributed by atoms with Crippen LogP contribution in [0.4, 0.5) is 0 Å². The molecule has 0 fully saturated rings. The van der Waals surface area contributed by atoms with Gasteiger partial charge in [0.15, 0.2) is 5.96 Å². The summed E-state index contributed by atoms with van der Waals surface area (Å²) in [7, 11) is -3.69. The molecule has 130 valence electrons. The summed E-state index contributed by atoms with van der Waals surface area (Å²) in [6, 6.07) is 6.46. The minimum atomic E-state index is -3.69. The Bertz CT molecular complexity index is 811. The maximum Gasteiger partial charge on any atom is 0.241 e. The molecule has 0 bridgehead atoms. The molecule has 24 heavy (non-hydrogen) atoms. The lowest BCUT2D eigenvalue weighted by Crippen LogP contribution is -2.38. The van der Waals surface area contributed by atoms with Crippen molar-refractivity contribution in [3.8, 4) is 0 Å². The van der Waals surface area contributed by atoms with Crippen molar-refractivity contribution in [3.63, 3.8) is 0 Å². The first-order valence-corrected chi connectivity index (χ1v) is 9.33. The second kappa shape index (κ2) is 8.07. The zero-order valence-corrected chi connectivity index (χ0v) is 14.5. The molecule has 1 unspecified atom stereocenters. The van der Waals surface area contributed by atoms with Gasteiger partial charge in [-0.25, -0.2) is 13.1 Å². The van der Waals surface area contributed by atoms with Crippen LogP contribution in [0, 0.1) is 0 Å². The Morgan fingerprint density at radius 3 is 2.83 bits per heavy atom. The standard InChI is InChI=1S/C16H23N5O2S/c1-2-3-6-13(11-20-16(17)18)21-24(22,23)15-7-4-5-12-10-19-9-8-14(12)15/h4-5,7-10,13,21H,2-3,6,11H2,1H3,(H4,17,18,20). The van der Waals surface area contributed by atoms with Gasteiger partial charge in [0, 0.05) is 29.2 Å². The van der Waals surface area contributed by atoms with Crippen LogP contribution in [0.15, 0.2) is 46.5 Å². The Hall–Kier alpha value is -2.19. The highest BCUT2D eigenvalue weighted by Crippen LogP contribution is 2.22. The normalized spacial score (nSPS) is 12.9. The van der Waals surface area contributed by atoms with Crippen LogP contribution in [0.25, 0.3) is 10.8 Å². The summed E-state index contributed by atoms with van der Waals surface area (Å²) in [4.78, 5) is 8.21. The number of aliphatic imine (C=N–C) groups is 1. The summed E-state index contributed by atoms with van der Waals surface area (Å²) in [6.45, 7) is 2.26. The fourth-order valence-corrected chi connectivity index (χ4v) is 3.95. The zero-order chi connectivity index (χ0) is 17.6. The number of nitrogens with zero attached hydrogens (tertiary/aromatic N) is 2. The van der Waals surface area contributed by atoms with Gasteiger partial charge in [0.2, 0.25) is 10.0 Å². The number of benzene rings is 1. The maximum atomic E-state index is 12.8. The third-order valence-corrected chi connectivity index (χ3v) is 5.23. The summed E-state index contributed by atoms with van der Waals surface area (Å²) in [5, 5.41) is 1.41. The van der Waals surface area contributed by atoms with E-state index in [-0.39, 0.29) is 23.4 Å². The molecule has 2 aromatic rings. The molecule has 0 spiro atoms. The van der Waals surface area contributed by atoms with Gasteiger partial charge in [-0.05, 0) is 18.6 Å². The molecule has 7 nitrogen and oxygen atoms in total. The number of unbranched alkanes of at least 4 members (excludes halogenated alkanes) is 1. The van der Waals surface area contributed by atoms with Gasteiger partial charge < -0.3 is 11.5 Å². The van der Waals surface area contributed by atoms with E-state index in [0.717, 1.165) is 18.2 Å². The van der Waals surface area contributed by atoms with Crippen molar-refractivity contribution in [2.24, 2.45) is 16.5 Å². The molecular formula is C16H23N5O2S. The van der Waals surface area contributed by atoms with E-state index in [9.17, 15) is 8.42 Å². The molecule has 0 saturated heterocycles. The van der Waals surface area contributed by atoms with Gasteiger partial charge in [-0.3, -0.25) is 9.98 Å². The molecule has 8 heteroatoms. The highest BCUT2D eigenvalue weighted by Gasteiger charge is 2.21. The predicted molar refractivity (Wildman–Crippen MR) is 96.1 cm³/mol. The van der Waals surface area contributed by atoms with E-state index in [1.807, 2.05) is 13.0 Å². The van der Waals surface area contributed by atoms with Crippen LogP contribution in [0.2, 0.25) is 0 Å². The van der Waals surface area contributed by atoms with Crippen LogP contribution in [0.5, 0.6) is 0 Å². The minimum Gasteiger partial charge on any atom is -0.370 e. The molecule has 0 amide bonds. The van der Waals surface area contributed by atoms with Crippen molar-refractivity contribution >= 4 is 26.8 Å². The molecule has 0 saturated carbocycles. The SMILES string of the molecule is CCCCC(CN=C(N)N)NS(=O)(=O)c1cccc2cnccc12. The highest BCUT2D eigenvalue weighted by atomic mass is 32.2. The third-order valence-electron chi connectivity index (χ3n) is 3.65. The van der Waals surface area contributed by atoms with Gasteiger partial charge in [0.05, 0.1) is 11.4 Å². The number of pyridine rings is 1. The number of rotatable bonds is 8. The molecule has 1 aromatic heterocycles. The lowest BCUT2D eigenvalue weighted by Gasteiger charge is -2.17. The van der Waals surface area contributed by atoms with Crippen molar-refractivity contribution in [2.75, 3.05) is 6.54 Å². The van der Waals surface area contributed by atoms with Crippen LogP contribution in [0.3, 0.4) is 0 Å². The van der Waals surface area contributed by atoms with Gasteiger partial charge in [-0.2, -0.15) is 0 Å². The number of fused-ring (bicyclic) bond motifs is 1. The fraction of sp³-hybridized carbons (Fsp3) is 0.375. The van der Waals surface area contributed by atoms with Crippen molar-refractivity contribution in [3.05, 3.63) is 36.7 Å². The van der Waals surface area contributed by atoms with E-state index >= 15 is 0 Å².